The van der Waals surface area contributed by atoms with Crippen molar-refractivity contribution in [3.05, 3.63) is 23.8 Å². The topological polar surface area (TPSA) is 57.1 Å². The summed E-state index contributed by atoms with van der Waals surface area (Å²) in [5.74, 6) is 1.53. The van der Waals surface area contributed by atoms with Crippen molar-refractivity contribution >= 4 is 5.96 Å². The van der Waals surface area contributed by atoms with Crippen molar-refractivity contribution in [2.24, 2.45) is 10.4 Å². The molecule has 1 aliphatic heterocycles. The largest absolute Gasteiger partial charge is 0.504 e. The zero-order chi connectivity index (χ0) is 17.3. The molecule has 1 aromatic carbocycles. The second-order valence-electron chi connectivity index (χ2n) is 7.17. The van der Waals surface area contributed by atoms with Crippen LogP contribution in [0.15, 0.2) is 23.2 Å². The predicted octanol–water partition coefficient (Wildman–Crippen LogP) is 2.99. The number of methoxy groups -OCH3 is 1. The van der Waals surface area contributed by atoms with E-state index in [4.69, 9.17) is 9.73 Å². The number of nitrogens with zero attached hydrogens (tertiary/aromatic N) is 2. The van der Waals surface area contributed by atoms with E-state index >= 15 is 0 Å². The molecular formula is C18H29N3O2. The SMILES string of the molecule is CCNC(=NCc1cccc(OC)c1O)N1CC(C)(C)C1(C)C. The molecule has 0 amide bonds. The molecule has 0 radical (unpaired) electrons. The van der Waals surface area contributed by atoms with Gasteiger partial charge in [0.15, 0.2) is 17.5 Å². The molecule has 0 saturated carbocycles. The molecule has 23 heavy (non-hydrogen) atoms. The summed E-state index contributed by atoms with van der Waals surface area (Å²) in [6.07, 6.45) is 0. The van der Waals surface area contributed by atoms with Crippen LogP contribution in [-0.4, -0.2) is 41.7 Å². The number of hydrogen-bond donors (Lipinski definition) is 2. The van der Waals surface area contributed by atoms with Gasteiger partial charge in [-0.25, -0.2) is 4.99 Å². The van der Waals surface area contributed by atoms with Crippen molar-refractivity contribution in [3.63, 3.8) is 0 Å². The highest BCUT2D eigenvalue weighted by Gasteiger charge is 2.53. The van der Waals surface area contributed by atoms with Gasteiger partial charge < -0.3 is 20.1 Å². The third kappa shape index (κ3) is 3.09. The number of likely N-dealkylation sites (tertiary alicyclic amines) is 1. The molecule has 1 heterocycles. The molecule has 1 saturated heterocycles. The zero-order valence-electron chi connectivity index (χ0n) is 15.1. The number of benzene rings is 1. The molecule has 0 bridgehead atoms. The number of aliphatic imine (C=N–C) groups is 1. The van der Waals surface area contributed by atoms with Crippen molar-refractivity contribution < 1.29 is 9.84 Å². The van der Waals surface area contributed by atoms with Crippen LogP contribution in [-0.2, 0) is 6.54 Å². The van der Waals surface area contributed by atoms with Gasteiger partial charge in [0.2, 0.25) is 0 Å². The summed E-state index contributed by atoms with van der Waals surface area (Å²) in [5, 5.41) is 13.6. The van der Waals surface area contributed by atoms with Gasteiger partial charge in [-0.05, 0) is 26.8 Å². The third-order valence-corrected chi connectivity index (χ3v) is 5.18. The van der Waals surface area contributed by atoms with Crippen LogP contribution in [0.3, 0.4) is 0 Å². The minimum absolute atomic E-state index is 0.0461. The Bertz CT molecular complexity index is 594. The van der Waals surface area contributed by atoms with E-state index in [1.165, 1.54) is 0 Å². The Balaban J connectivity index is 2.21. The lowest BCUT2D eigenvalue weighted by atomic mass is 9.65. The van der Waals surface area contributed by atoms with Gasteiger partial charge in [0.1, 0.15) is 0 Å². The summed E-state index contributed by atoms with van der Waals surface area (Å²) < 4.78 is 5.16. The average Bonchev–Trinajstić information content (AvgIpc) is 2.50. The number of aromatic hydroxyl groups is 1. The maximum atomic E-state index is 10.2. The Hall–Kier alpha value is -1.91. The second-order valence-corrected chi connectivity index (χ2v) is 7.17. The first-order chi connectivity index (χ1) is 10.7. The zero-order valence-corrected chi connectivity index (χ0v) is 15.1. The summed E-state index contributed by atoms with van der Waals surface area (Å²) in [5.41, 5.74) is 1.06. The van der Waals surface area contributed by atoms with Crippen molar-refractivity contribution in [2.45, 2.75) is 46.7 Å². The number of phenols is 1. The molecule has 5 heteroatoms. The van der Waals surface area contributed by atoms with Crippen LogP contribution in [0.4, 0.5) is 0 Å². The van der Waals surface area contributed by atoms with Gasteiger partial charge in [-0.15, -0.1) is 0 Å². The molecule has 0 aromatic heterocycles. The van der Waals surface area contributed by atoms with E-state index < -0.39 is 0 Å². The first-order valence-corrected chi connectivity index (χ1v) is 8.15. The average molecular weight is 319 g/mol. The van der Waals surface area contributed by atoms with Crippen molar-refractivity contribution in [1.82, 2.24) is 10.2 Å². The predicted molar refractivity (Wildman–Crippen MR) is 94.0 cm³/mol. The van der Waals surface area contributed by atoms with E-state index in [1.807, 2.05) is 12.1 Å². The Morgan fingerprint density at radius 1 is 1.35 bits per heavy atom. The molecule has 0 unspecified atom stereocenters. The quantitative estimate of drug-likeness (QED) is 0.662. The summed E-state index contributed by atoms with van der Waals surface area (Å²) in [7, 11) is 1.55. The number of rotatable bonds is 4. The third-order valence-electron chi connectivity index (χ3n) is 5.18. The number of guanidine groups is 1. The summed E-state index contributed by atoms with van der Waals surface area (Å²) in [4.78, 5) is 7.02. The first-order valence-electron chi connectivity index (χ1n) is 8.15. The Kier molecular flexibility index (Phi) is 4.78. The summed E-state index contributed by atoms with van der Waals surface area (Å²) in [6.45, 7) is 13.3. The van der Waals surface area contributed by atoms with Crippen molar-refractivity contribution in [2.75, 3.05) is 20.2 Å². The van der Waals surface area contributed by atoms with Gasteiger partial charge in [0.05, 0.1) is 13.7 Å². The first kappa shape index (κ1) is 17.4. The van der Waals surface area contributed by atoms with Gasteiger partial charge in [-0.3, -0.25) is 0 Å². The van der Waals surface area contributed by atoms with Gasteiger partial charge in [-0.1, -0.05) is 26.0 Å². The fourth-order valence-corrected chi connectivity index (χ4v) is 2.82. The molecule has 2 rings (SSSR count). The smallest absolute Gasteiger partial charge is 0.194 e. The number of ether oxygens (including phenoxy) is 1. The molecule has 0 atom stereocenters. The molecular weight excluding hydrogens is 290 g/mol. The summed E-state index contributed by atoms with van der Waals surface area (Å²) >= 11 is 0. The summed E-state index contributed by atoms with van der Waals surface area (Å²) in [6, 6.07) is 5.48. The van der Waals surface area contributed by atoms with Gasteiger partial charge in [0, 0.05) is 29.6 Å². The van der Waals surface area contributed by atoms with E-state index in [0.717, 1.165) is 24.6 Å². The molecule has 1 aromatic rings. The van der Waals surface area contributed by atoms with E-state index in [-0.39, 0.29) is 16.7 Å². The van der Waals surface area contributed by atoms with Crippen LogP contribution in [0.5, 0.6) is 11.5 Å². The standard InChI is InChI=1S/C18H29N3O2/c1-7-19-16(21-12-17(2,3)18(21,4)5)20-11-13-9-8-10-14(23-6)15(13)22/h8-10,22H,7,11-12H2,1-6H3,(H,19,20). The van der Waals surface area contributed by atoms with Gasteiger partial charge in [0.25, 0.3) is 0 Å². The van der Waals surface area contributed by atoms with Crippen LogP contribution in [0.1, 0.15) is 40.2 Å². The highest BCUT2D eigenvalue weighted by molar-refractivity contribution is 5.82. The van der Waals surface area contributed by atoms with Crippen LogP contribution >= 0.6 is 0 Å². The number of phenolic OH excluding ortho intramolecular Hbond substituents is 1. The van der Waals surface area contributed by atoms with Crippen LogP contribution in [0.25, 0.3) is 0 Å². The number of nitrogens with one attached hydrogen (secondary N) is 1. The maximum Gasteiger partial charge on any atom is 0.194 e. The van der Waals surface area contributed by atoms with Gasteiger partial charge >= 0.3 is 0 Å². The fourth-order valence-electron chi connectivity index (χ4n) is 2.82. The Labute approximate surface area is 139 Å². The van der Waals surface area contributed by atoms with Crippen LogP contribution in [0, 0.1) is 5.41 Å². The highest BCUT2D eigenvalue weighted by Crippen LogP contribution is 2.46. The molecule has 5 nitrogen and oxygen atoms in total. The van der Waals surface area contributed by atoms with E-state index in [0.29, 0.717) is 12.3 Å². The van der Waals surface area contributed by atoms with E-state index in [2.05, 4.69) is 44.8 Å². The number of para-hydroxylation sites is 1. The highest BCUT2D eigenvalue weighted by atomic mass is 16.5. The van der Waals surface area contributed by atoms with Crippen molar-refractivity contribution in [1.29, 1.82) is 0 Å². The van der Waals surface area contributed by atoms with E-state index in [1.54, 1.807) is 13.2 Å². The molecule has 1 aliphatic rings. The monoisotopic (exact) mass is 319 g/mol. The lowest BCUT2D eigenvalue weighted by Gasteiger charge is -2.62. The Morgan fingerprint density at radius 3 is 2.57 bits per heavy atom. The minimum atomic E-state index is 0.0461. The molecule has 0 aliphatic carbocycles. The number of hydrogen-bond acceptors (Lipinski definition) is 3. The maximum absolute atomic E-state index is 10.2. The van der Waals surface area contributed by atoms with Crippen LogP contribution < -0.4 is 10.1 Å². The molecule has 128 valence electrons. The fraction of sp³-hybridized carbons (Fsp3) is 0.611. The van der Waals surface area contributed by atoms with E-state index in [9.17, 15) is 5.11 Å². The normalized spacial score (nSPS) is 19.2. The lowest BCUT2D eigenvalue weighted by Crippen LogP contribution is -2.72. The lowest BCUT2D eigenvalue weighted by molar-refractivity contribution is -0.0667. The Morgan fingerprint density at radius 2 is 2.04 bits per heavy atom. The van der Waals surface area contributed by atoms with Crippen molar-refractivity contribution in [3.8, 4) is 11.5 Å². The van der Waals surface area contributed by atoms with Gasteiger partial charge in [-0.2, -0.15) is 0 Å². The van der Waals surface area contributed by atoms with Crippen LogP contribution in [0.2, 0.25) is 0 Å². The molecule has 0 spiro atoms. The second kappa shape index (κ2) is 6.30. The minimum Gasteiger partial charge on any atom is -0.504 e. The molecule has 1 fully saturated rings. The molecule has 2 N–H and O–H groups in total.